The van der Waals surface area contributed by atoms with E-state index in [1.807, 2.05) is 0 Å². The first-order valence-corrected chi connectivity index (χ1v) is 4.94. The zero-order valence-corrected chi connectivity index (χ0v) is 9.07. The number of halogens is 2. The first kappa shape index (κ1) is 10.0. The Labute approximate surface area is 93.5 Å². The Morgan fingerprint density at radius 2 is 1.73 bits per heavy atom. The molecule has 3 nitrogen and oxygen atoms in total. The first-order chi connectivity index (χ1) is 7.09. The zero-order chi connectivity index (χ0) is 11.0. The number of hydrogen-bond acceptors (Lipinski definition) is 2. The highest BCUT2D eigenvalue weighted by atomic mass is 79.9. The minimum Gasteiger partial charge on any atom is -0.494 e. The Morgan fingerprint density at radius 3 is 2.20 bits per heavy atom. The Kier molecular flexibility index (Phi) is 2.40. The molecule has 0 spiro atoms. The summed E-state index contributed by atoms with van der Waals surface area (Å²) in [5.74, 6) is -0.617. The fourth-order valence-electron chi connectivity index (χ4n) is 1.30. The van der Waals surface area contributed by atoms with Crippen molar-refractivity contribution in [2.24, 2.45) is 0 Å². The third-order valence-corrected chi connectivity index (χ3v) is 2.58. The van der Waals surface area contributed by atoms with Crippen molar-refractivity contribution in [2.45, 2.75) is 0 Å². The molecule has 0 aliphatic heterocycles. The third-order valence-electron chi connectivity index (χ3n) is 2.00. The zero-order valence-electron chi connectivity index (χ0n) is 7.48. The van der Waals surface area contributed by atoms with Crippen LogP contribution < -0.4 is 0 Å². The van der Waals surface area contributed by atoms with Crippen LogP contribution in [0.4, 0.5) is 4.39 Å². The molecule has 1 aromatic carbocycles. The fourth-order valence-corrected chi connectivity index (χ4v) is 1.68. The third kappa shape index (κ3) is 1.70. The van der Waals surface area contributed by atoms with Crippen molar-refractivity contribution in [1.82, 2.24) is 4.57 Å². The second-order valence-electron chi connectivity index (χ2n) is 2.99. The molecule has 78 valence electrons. The van der Waals surface area contributed by atoms with Gasteiger partial charge in [0.15, 0.2) is 5.88 Å². The molecule has 0 unspecified atom stereocenters. The van der Waals surface area contributed by atoms with Gasteiger partial charge < -0.3 is 10.2 Å². The summed E-state index contributed by atoms with van der Waals surface area (Å²) in [6.07, 6.45) is 0. The van der Waals surface area contributed by atoms with Crippen LogP contribution in [0.15, 0.2) is 34.8 Å². The summed E-state index contributed by atoms with van der Waals surface area (Å²) in [6.45, 7) is 0. The number of nitrogens with zero attached hydrogens (tertiary/aromatic N) is 1. The van der Waals surface area contributed by atoms with Crippen molar-refractivity contribution in [3.8, 4) is 17.4 Å². The highest BCUT2D eigenvalue weighted by molar-refractivity contribution is 9.10. The van der Waals surface area contributed by atoms with Gasteiger partial charge in [0.25, 0.3) is 0 Å². The average Bonchev–Trinajstić information content (AvgIpc) is 2.44. The molecule has 2 aromatic rings. The minimum absolute atomic E-state index is 0.119. The highest BCUT2D eigenvalue weighted by Gasteiger charge is 2.12. The van der Waals surface area contributed by atoms with Gasteiger partial charge in [0.2, 0.25) is 5.88 Å². The Balaban J connectivity index is 2.58. The topological polar surface area (TPSA) is 45.4 Å². The average molecular weight is 272 g/mol. The van der Waals surface area contributed by atoms with Gasteiger partial charge in [0, 0.05) is 6.07 Å². The monoisotopic (exact) mass is 271 g/mol. The minimum atomic E-state index is -0.371. The number of aromatic hydroxyl groups is 2. The Bertz CT molecular complexity index is 493. The lowest BCUT2D eigenvalue weighted by Crippen LogP contribution is -1.92. The van der Waals surface area contributed by atoms with Crippen LogP contribution in [-0.4, -0.2) is 14.8 Å². The van der Waals surface area contributed by atoms with Gasteiger partial charge in [-0.05, 0) is 40.2 Å². The van der Waals surface area contributed by atoms with Crippen LogP contribution in [-0.2, 0) is 0 Å². The normalized spacial score (nSPS) is 10.5. The molecule has 0 amide bonds. The van der Waals surface area contributed by atoms with Crippen LogP contribution in [0, 0.1) is 5.82 Å². The van der Waals surface area contributed by atoms with Gasteiger partial charge in [-0.1, -0.05) is 0 Å². The summed E-state index contributed by atoms with van der Waals surface area (Å²) in [6, 6.07) is 6.78. The van der Waals surface area contributed by atoms with Gasteiger partial charge in [-0.3, -0.25) is 4.57 Å². The lowest BCUT2D eigenvalue weighted by Gasteiger charge is -2.06. The van der Waals surface area contributed by atoms with Gasteiger partial charge in [-0.25, -0.2) is 4.39 Å². The molecule has 0 radical (unpaired) electrons. The fraction of sp³-hybridized carbons (Fsp3) is 0. The molecule has 2 rings (SSSR count). The summed E-state index contributed by atoms with van der Waals surface area (Å²) in [4.78, 5) is 0. The van der Waals surface area contributed by atoms with E-state index in [2.05, 4.69) is 15.9 Å². The standard InChI is InChI=1S/C10H7BrFNO2/c11-8-5-9(14)13(10(8)15)7-3-1-6(12)2-4-7/h1-5,14-15H. The molecular formula is C10H7BrFNO2. The summed E-state index contributed by atoms with van der Waals surface area (Å²) < 4.78 is 14.2. The number of aromatic nitrogens is 1. The molecule has 0 saturated carbocycles. The van der Waals surface area contributed by atoms with Gasteiger partial charge >= 0.3 is 0 Å². The molecule has 1 aromatic heterocycles. The van der Waals surface area contributed by atoms with E-state index >= 15 is 0 Å². The second-order valence-corrected chi connectivity index (χ2v) is 3.84. The van der Waals surface area contributed by atoms with Gasteiger partial charge in [-0.15, -0.1) is 0 Å². The molecule has 2 N–H and O–H groups in total. The van der Waals surface area contributed by atoms with Crippen molar-refractivity contribution in [3.63, 3.8) is 0 Å². The van der Waals surface area contributed by atoms with Crippen molar-refractivity contribution >= 4 is 15.9 Å². The van der Waals surface area contributed by atoms with Crippen molar-refractivity contribution in [2.75, 3.05) is 0 Å². The van der Waals surface area contributed by atoms with E-state index < -0.39 is 0 Å². The van der Waals surface area contributed by atoms with Gasteiger partial charge in [0.1, 0.15) is 5.82 Å². The molecule has 5 heteroatoms. The van der Waals surface area contributed by atoms with E-state index in [-0.39, 0.29) is 17.6 Å². The molecule has 0 fully saturated rings. The smallest absolute Gasteiger partial charge is 0.213 e. The van der Waals surface area contributed by atoms with E-state index in [1.54, 1.807) is 0 Å². The summed E-state index contributed by atoms with van der Waals surface area (Å²) >= 11 is 3.07. The van der Waals surface area contributed by atoms with Crippen LogP contribution in [0.5, 0.6) is 11.8 Å². The predicted molar refractivity (Wildman–Crippen MR) is 56.8 cm³/mol. The summed E-state index contributed by atoms with van der Waals surface area (Å²) in [5.41, 5.74) is 0.483. The summed E-state index contributed by atoms with van der Waals surface area (Å²) in [5, 5.41) is 19.1. The van der Waals surface area contributed by atoms with E-state index in [0.29, 0.717) is 10.2 Å². The van der Waals surface area contributed by atoms with Crippen LogP contribution in [0.1, 0.15) is 0 Å². The maximum absolute atomic E-state index is 12.7. The molecule has 0 saturated heterocycles. The Morgan fingerprint density at radius 1 is 1.13 bits per heavy atom. The first-order valence-electron chi connectivity index (χ1n) is 4.14. The maximum atomic E-state index is 12.7. The van der Waals surface area contributed by atoms with Gasteiger partial charge in [-0.2, -0.15) is 0 Å². The SMILES string of the molecule is Oc1cc(Br)c(O)n1-c1ccc(F)cc1. The Hall–Kier alpha value is -1.49. The van der Waals surface area contributed by atoms with Gasteiger partial charge in [0.05, 0.1) is 10.2 Å². The van der Waals surface area contributed by atoms with Crippen molar-refractivity contribution in [1.29, 1.82) is 0 Å². The largest absolute Gasteiger partial charge is 0.494 e. The predicted octanol–water partition coefficient (Wildman–Crippen LogP) is 2.79. The summed E-state index contributed by atoms with van der Waals surface area (Å²) in [7, 11) is 0. The number of rotatable bonds is 1. The quantitative estimate of drug-likeness (QED) is 0.838. The highest BCUT2D eigenvalue weighted by Crippen LogP contribution is 2.34. The van der Waals surface area contributed by atoms with E-state index in [4.69, 9.17) is 0 Å². The molecule has 0 atom stereocenters. The lowest BCUT2D eigenvalue weighted by molar-refractivity contribution is 0.401. The second kappa shape index (κ2) is 3.58. The van der Waals surface area contributed by atoms with Crippen molar-refractivity contribution < 1.29 is 14.6 Å². The lowest BCUT2D eigenvalue weighted by atomic mass is 10.3. The molecule has 1 heterocycles. The molecular weight excluding hydrogens is 265 g/mol. The van der Waals surface area contributed by atoms with Crippen LogP contribution in [0.25, 0.3) is 5.69 Å². The van der Waals surface area contributed by atoms with Crippen LogP contribution >= 0.6 is 15.9 Å². The molecule has 0 bridgehead atoms. The number of hydrogen-bond donors (Lipinski definition) is 2. The van der Waals surface area contributed by atoms with E-state index in [0.717, 1.165) is 0 Å². The van der Waals surface area contributed by atoms with Crippen LogP contribution in [0.3, 0.4) is 0 Å². The van der Waals surface area contributed by atoms with E-state index in [1.165, 1.54) is 34.9 Å². The molecule has 0 aliphatic rings. The van der Waals surface area contributed by atoms with Crippen LogP contribution in [0.2, 0.25) is 0 Å². The molecule has 15 heavy (non-hydrogen) atoms. The van der Waals surface area contributed by atoms with Crippen molar-refractivity contribution in [3.05, 3.63) is 40.6 Å². The number of benzene rings is 1. The van der Waals surface area contributed by atoms with E-state index in [9.17, 15) is 14.6 Å². The molecule has 0 aliphatic carbocycles. The maximum Gasteiger partial charge on any atom is 0.213 e.